The normalized spacial score (nSPS) is 17.4. The molecule has 0 spiro atoms. The predicted octanol–water partition coefficient (Wildman–Crippen LogP) is 0.457. The van der Waals surface area contributed by atoms with Gasteiger partial charge in [-0.15, -0.1) is 0 Å². The minimum absolute atomic E-state index is 0.0357. The molecule has 1 unspecified atom stereocenters. The van der Waals surface area contributed by atoms with Gasteiger partial charge < -0.3 is 20.7 Å². The van der Waals surface area contributed by atoms with Crippen molar-refractivity contribution in [3.8, 4) is 0 Å². The number of rotatable bonds is 7. The van der Waals surface area contributed by atoms with E-state index in [2.05, 4.69) is 31.0 Å². The number of aromatic nitrogens is 3. The number of methoxy groups -OCH3 is 1. The maximum Gasteiger partial charge on any atom is 0.225 e. The van der Waals surface area contributed by atoms with Crippen molar-refractivity contribution >= 4 is 11.9 Å². The molecule has 1 amide bonds. The zero-order valence-corrected chi connectivity index (χ0v) is 17.1. The summed E-state index contributed by atoms with van der Waals surface area (Å²) in [6, 6.07) is 0.233. The van der Waals surface area contributed by atoms with Gasteiger partial charge in [-0.2, -0.15) is 5.10 Å². The minimum Gasteiger partial charge on any atom is -0.377 e. The highest BCUT2D eigenvalue weighted by Crippen LogP contribution is 2.13. The Morgan fingerprint density at radius 1 is 1.37 bits per heavy atom. The van der Waals surface area contributed by atoms with Gasteiger partial charge in [-0.3, -0.25) is 9.79 Å². The number of carbonyl (C=O) groups excluding carboxylic acids is 1. The second-order valence-corrected chi connectivity index (χ2v) is 7.71. The Labute approximate surface area is 161 Å². The lowest BCUT2D eigenvalue weighted by Crippen LogP contribution is -2.47. The summed E-state index contributed by atoms with van der Waals surface area (Å²) in [5.41, 5.74) is -0.383. The highest BCUT2D eigenvalue weighted by atomic mass is 16.5. The first kappa shape index (κ1) is 21.1. The number of aliphatic imine (C=N–C) groups is 1. The fourth-order valence-electron chi connectivity index (χ4n) is 2.78. The van der Waals surface area contributed by atoms with E-state index in [4.69, 9.17) is 4.74 Å². The summed E-state index contributed by atoms with van der Waals surface area (Å²) in [6.45, 7) is 10.7. The SMILES string of the molecule is CCNC(=NCCNC(=O)C(C)(C)C)NC1CCc2nc(COC)nn2C1. The average molecular weight is 380 g/mol. The van der Waals surface area contributed by atoms with Crippen LogP contribution in [0.2, 0.25) is 0 Å². The zero-order valence-electron chi connectivity index (χ0n) is 17.1. The van der Waals surface area contributed by atoms with Crippen LogP contribution in [0.5, 0.6) is 0 Å². The molecule has 27 heavy (non-hydrogen) atoms. The number of aryl methyl sites for hydroxylation is 1. The van der Waals surface area contributed by atoms with Crippen LogP contribution in [0.1, 0.15) is 45.8 Å². The molecule has 0 bridgehead atoms. The number of nitrogens with one attached hydrogen (secondary N) is 3. The maximum absolute atomic E-state index is 11.9. The van der Waals surface area contributed by atoms with Crippen molar-refractivity contribution in [1.29, 1.82) is 0 Å². The van der Waals surface area contributed by atoms with E-state index in [0.717, 1.165) is 43.5 Å². The van der Waals surface area contributed by atoms with Gasteiger partial charge in [0.1, 0.15) is 12.4 Å². The van der Waals surface area contributed by atoms with Crippen LogP contribution in [0.4, 0.5) is 0 Å². The lowest BCUT2D eigenvalue weighted by Gasteiger charge is -2.25. The molecule has 0 saturated carbocycles. The molecule has 1 aliphatic heterocycles. The van der Waals surface area contributed by atoms with E-state index in [0.29, 0.717) is 19.7 Å². The Morgan fingerprint density at radius 2 is 2.15 bits per heavy atom. The second-order valence-electron chi connectivity index (χ2n) is 7.71. The fraction of sp³-hybridized carbons (Fsp3) is 0.778. The highest BCUT2D eigenvalue weighted by Gasteiger charge is 2.22. The molecule has 2 rings (SSSR count). The van der Waals surface area contributed by atoms with Crippen molar-refractivity contribution in [2.75, 3.05) is 26.7 Å². The number of guanidine groups is 1. The molecule has 0 saturated heterocycles. The summed E-state index contributed by atoms with van der Waals surface area (Å²) >= 11 is 0. The van der Waals surface area contributed by atoms with Crippen LogP contribution in [0, 0.1) is 5.41 Å². The van der Waals surface area contributed by atoms with Crippen molar-refractivity contribution in [2.45, 2.75) is 59.7 Å². The van der Waals surface area contributed by atoms with E-state index >= 15 is 0 Å². The second kappa shape index (κ2) is 9.68. The molecule has 0 aliphatic carbocycles. The zero-order chi connectivity index (χ0) is 19.9. The fourth-order valence-corrected chi connectivity index (χ4v) is 2.78. The van der Waals surface area contributed by atoms with Crippen LogP contribution in [0.3, 0.4) is 0 Å². The third kappa shape index (κ3) is 6.50. The molecule has 1 aromatic heterocycles. The first-order valence-electron chi connectivity index (χ1n) is 9.58. The molecule has 9 heteroatoms. The summed E-state index contributed by atoms with van der Waals surface area (Å²) in [7, 11) is 1.65. The van der Waals surface area contributed by atoms with E-state index in [1.165, 1.54) is 0 Å². The van der Waals surface area contributed by atoms with Crippen molar-refractivity contribution in [3.05, 3.63) is 11.6 Å². The number of hydrogen-bond donors (Lipinski definition) is 3. The van der Waals surface area contributed by atoms with E-state index in [1.54, 1.807) is 7.11 Å². The molecule has 2 heterocycles. The van der Waals surface area contributed by atoms with Gasteiger partial charge in [0.2, 0.25) is 5.91 Å². The Hall–Kier alpha value is -2.16. The third-order valence-electron chi connectivity index (χ3n) is 4.21. The summed E-state index contributed by atoms with van der Waals surface area (Å²) in [4.78, 5) is 21.0. The lowest BCUT2D eigenvalue weighted by atomic mass is 9.96. The number of ether oxygens (including phenoxy) is 1. The Bertz CT molecular complexity index is 649. The molecular formula is C18H33N7O2. The van der Waals surface area contributed by atoms with E-state index in [1.807, 2.05) is 32.4 Å². The van der Waals surface area contributed by atoms with Crippen LogP contribution in [0.15, 0.2) is 4.99 Å². The van der Waals surface area contributed by atoms with E-state index in [-0.39, 0.29) is 17.4 Å². The number of carbonyl (C=O) groups is 1. The maximum atomic E-state index is 11.9. The number of hydrogen-bond acceptors (Lipinski definition) is 5. The standard InChI is InChI=1S/C18H33N7O2/c1-6-19-17(21-10-9-20-16(26)18(2,3)4)22-13-7-8-15-23-14(12-27-5)24-25(15)11-13/h13H,6-12H2,1-5H3,(H,20,26)(H2,19,21,22). The summed E-state index contributed by atoms with van der Waals surface area (Å²) < 4.78 is 7.06. The van der Waals surface area contributed by atoms with E-state index in [9.17, 15) is 4.79 Å². The number of amides is 1. The van der Waals surface area contributed by atoms with Crippen LogP contribution in [0.25, 0.3) is 0 Å². The van der Waals surface area contributed by atoms with Gasteiger partial charge in [-0.25, -0.2) is 9.67 Å². The molecule has 0 radical (unpaired) electrons. The Kier molecular flexibility index (Phi) is 7.58. The predicted molar refractivity (Wildman–Crippen MR) is 104 cm³/mol. The molecule has 0 aromatic carbocycles. The molecule has 9 nitrogen and oxygen atoms in total. The average Bonchev–Trinajstić information content (AvgIpc) is 2.99. The largest absolute Gasteiger partial charge is 0.377 e. The smallest absolute Gasteiger partial charge is 0.225 e. The van der Waals surface area contributed by atoms with Crippen LogP contribution in [-0.4, -0.2) is 59.4 Å². The summed E-state index contributed by atoms with van der Waals surface area (Å²) in [5, 5.41) is 14.1. The van der Waals surface area contributed by atoms with Gasteiger partial charge in [0.25, 0.3) is 0 Å². The lowest BCUT2D eigenvalue weighted by molar-refractivity contribution is -0.128. The van der Waals surface area contributed by atoms with Crippen molar-refractivity contribution in [2.24, 2.45) is 10.4 Å². The van der Waals surface area contributed by atoms with Gasteiger partial charge in [0.15, 0.2) is 11.8 Å². The first-order chi connectivity index (χ1) is 12.8. The Balaban J connectivity index is 1.87. The van der Waals surface area contributed by atoms with E-state index < -0.39 is 0 Å². The van der Waals surface area contributed by atoms with Gasteiger partial charge >= 0.3 is 0 Å². The summed E-state index contributed by atoms with van der Waals surface area (Å²) in [6.07, 6.45) is 1.84. The van der Waals surface area contributed by atoms with Crippen molar-refractivity contribution < 1.29 is 9.53 Å². The van der Waals surface area contributed by atoms with Crippen molar-refractivity contribution in [3.63, 3.8) is 0 Å². The number of fused-ring (bicyclic) bond motifs is 1. The van der Waals surface area contributed by atoms with Gasteiger partial charge in [0, 0.05) is 38.1 Å². The minimum atomic E-state index is -0.383. The van der Waals surface area contributed by atoms with Gasteiger partial charge in [-0.1, -0.05) is 20.8 Å². The molecule has 152 valence electrons. The molecule has 0 fully saturated rings. The molecule has 1 aliphatic rings. The van der Waals surface area contributed by atoms with Crippen molar-refractivity contribution in [1.82, 2.24) is 30.7 Å². The van der Waals surface area contributed by atoms with Crippen LogP contribution >= 0.6 is 0 Å². The third-order valence-corrected chi connectivity index (χ3v) is 4.21. The van der Waals surface area contributed by atoms with Gasteiger partial charge in [-0.05, 0) is 13.3 Å². The van der Waals surface area contributed by atoms with Gasteiger partial charge in [0.05, 0.1) is 13.1 Å². The monoisotopic (exact) mass is 379 g/mol. The molecule has 1 atom stereocenters. The topological polar surface area (TPSA) is 105 Å². The quantitative estimate of drug-likeness (QED) is 0.361. The molecular weight excluding hydrogens is 346 g/mol. The molecule has 3 N–H and O–H groups in total. The highest BCUT2D eigenvalue weighted by molar-refractivity contribution is 5.81. The first-order valence-corrected chi connectivity index (χ1v) is 9.58. The van der Waals surface area contributed by atoms with Crippen LogP contribution in [-0.2, 0) is 29.1 Å². The number of nitrogens with zero attached hydrogens (tertiary/aromatic N) is 4. The Morgan fingerprint density at radius 3 is 2.81 bits per heavy atom. The molecule has 1 aromatic rings. The summed E-state index contributed by atoms with van der Waals surface area (Å²) in [5.74, 6) is 2.52. The van der Waals surface area contributed by atoms with Crippen LogP contribution < -0.4 is 16.0 Å².